The molecule has 3 heteroatoms. The maximum Gasteiger partial charge on any atom is 0.240 e. The van der Waals surface area contributed by atoms with Crippen molar-refractivity contribution in [1.82, 2.24) is 5.32 Å². The summed E-state index contributed by atoms with van der Waals surface area (Å²) in [6.07, 6.45) is 2.14. The number of carbonyl (C=O) groups excluding carboxylic acids is 1. The Bertz CT molecular complexity index is 450. The second-order valence-electron chi connectivity index (χ2n) is 5.61. The number of carbonyl (C=O) groups is 1. The third-order valence-corrected chi connectivity index (χ3v) is 3.92. The first-order valence-corrected chi connectivity index (χ1v) is 6.58. The van der Waals surface area contributed by atoms with Crippen LogP contribution in [0.5, 0.6) is 0 Å². The summed E-state index contributed by atoms with van der Waals surface area (Å²) >= 11 is 0. The lowest BCUT2D eigenvalue weighted by molar-refractivity contribution is -0.127. The standard InChI is InChI=1S/C15H22N2O/c1-10-6-4-5-7-13(10)11(2)17-14(18)15(3,16)12-8-9-12/h4-7,11-12H,8-9,16H2,1-3H3,(H,17,18)/t11-,15?/m1/s1. The zero-order valence-corrected chi connectivity index (χ0v) is 11.4. The van der Waals surface area contributed by atoms with Crippen LogP contribution in [0.25, 0.3) is 0 Å². The maximum absolute atomic E-state index is 12.2. The highest BCUT2D eigenvalue weighted by Gasteiger charge is 2.44. The molecular weight excluding hydrogens is 224 g/mol. The number of rotatable bonds is 4. The highest BCUT2D eigenvalue weighted by molar-refractivity contribution is 5.86. The van der Waals surface area contributed by atoms with Gasteiger partial charge in [0.05, 0.1) is 11.6 Å². The fourth-order valence-corrected chi connectivity index (χ4v) is 2.37. The summed E-state index contributed by atoms with van der Waals surface area (Å²) in [6.45, 7) is 5.90. The fraction of sp³-hybridized carbons (Fsp3) is 0.533. The molecule has 2 atom stereocenters. The molecule has 1 saturated carbocycles. The lowest BCUT2D eigenvalue weighted by atomic mass is 9.94. The highest BCUT2D eigenvalue weighted by Crippen LogP contribution is 2.38. The first kappa shape index (κ1) is 13.1. The Kier molecular flexibility index (Phi) is 3.44. The van der Waals surface area contributed by atoms with Crippen molar-refractivity contribution in [2.45, 2.75) is 45.2 Å². The van der Waals surface area contributed by atoms with Gasteiger partial charge in [0, 0.05) is 0 Å². The number of hydrogen-bond acceptors (Lipinski definition) is 2. The van der Waals surface area contributed by atoms with Crippen molar-refractivity contribution < 1.29 is 4.79 Å². The third-order valence-electron chi connectivity index (χ3n) is 3.92. The van der Waals surface area contributed by atoms with Gasteiger partial charge in [-0.25, -0.2) is 0 Å². The molecule has 0 aromatic heterocycles. The molecule has 0 saturated heterocycles. The van der Waals surface area contributed by atoms with Crippen LogP contribution < -0.4 is 11.1 Å². The quantitative estimate of drug-likeness (QED) is 0.856. The first-order chi connectivity index (χ1) is 8.43. The van der Waals surface area contributed by atoms with Gasteiger partial charge in [0.2, 0.25) is 5.91 Å². The summed E-state index contributed by atoms with van der Waals surface area (Å²) in [5.74, 6) is 0.308. The van der Waals surface area contributed by atoms with Crippen molar-refractivity contribution in [3.8, 4) is 0 Å². The van der Waals surface area contributed by atoms with Gasteiger partial charge in [0.25, 0.3) is 0 Å². The molecule has 0 heterocycles. The minimum absolute atomic E-state index is 0.000301. The zero-order chi connectivity index (χ0) is 13.3. The SMILES string of the molecule is Cc1ccccc1[C@@H](C)NC(=O)C(C)(N)C1CC1. The monoisotopic (exact) mass is 246 g/mol. The second-order valence-corrected chi connectivity index (χ2v) is 5.61. The molecule has 0 bridgehead atoms. The topological polar surface area (TPSA) is 55.1 Å². The van der Waals surface area contributed by atoms with E-state index in [1.807, 2.05) is 32.0 Å². The average molecular weight is 246 g/mol. The maximum atomic E-state index is 12.2. The van der Waals surface area contributed by atoms with E-state index in [0.29, 0.717) is 5.92 Å². The largest absolute Gasteiger partial charge is 0.348 e. The lowest BCUT2D eigenvalue weighted by Gasteiger charge is -2.26. The van der Waals surface area contributed by atoms with Crippen molar-refractivity contribution in [2.24, 2.45) is 11.7 Å². The number of nitrogens with two attached hydrogens (primary N) is 1. The number of amides is 1. The molecule has 3 N–H and O–H groups in total. The van der Waals surface area contributed by atoms with Crippen molar-refractivity contribution >= 4 is 5.91 Å². The molecule has 0 aliphatic heterocycles. The van der Waals surface area contributed by atoms with E-state index in [9.17, 15) is 4.79 Å². The summed E-state index contributed by atoms with van der Waals surface area (Å²) < 4.78 is 0. The summed E-state index contributed by atoms with van der Waals surface area (Å²) in [4.78, 5) is 12.2. The third kappa shape index (κ3) is 2.56. The molecule has 1 amide bonds. The molecule has 3 nitrogen and oxygen atoms in total. The molecule has 1 aromatic rings. The molecule has 0 spiro atoms. The summed E-state index contributed by atoms with van der Waals surface area (Å²) in [5, 5.41) is 3.03. The summed E-state index contributed by atoms with van der Waals surface area (Å²) in [7, 11) is 0. The van der Waals surface area contributed by atoms with Gasteiger partial charge < -0.3 is 11.1 Å². The van der Waals surface area contributed by atoms with Crippen molar-refractivity contribution in [3.63, 3.8) is 0 Å². The van der Waals surface area contributed by atoms with Gasteiger partial charge in [-0.05, 0) is 50.7 Å². The van der Waals surface area contributed by atoms with Crippen LogP contribution in [0, 0.1) is 12.8 Å². The van der Waals surface area contributed by atoms with Crippen LogP contribution in [0.1, 0.15) is 43.9 Å². The van der Waals surface area contributed by atoms with E-state index in [4.69, 9.17) is 5.73 Å². The van der Waals surface area contributed by atoms with Crippen molar-refractivity contribution in [1.29, 1.82) is 0 Å². The molecule has 0 radical (unpaired) electrons. The van der Waals surface area contributed by atoms with Gasteiger partial charge in [-0.15, -0.1) is 0 Å². The number of hydrogen-bond donors (Lipinski definition) is 2. The molecular formula is C15H22N2O. The predicted molar refractivity (Wildman–Crippen MR) is 73.1 cm³/mol. The van der Waals surface area contributed by atoms with Gasteiger partial charge in [-0.2, -0.15) is 0 Å². The van der Waals surface area contributed by atoms with Crippen LogP contribution in [0.4, 0.5) is 0 Å². The Morgan fingerprint density at radius 2 is 2.06 bits per heavy atom. The van der Waals surface area contributed by atoms with Crippen LogP contribution in [0.15, 0.2) is 24.3 Å². The predicted octanol–water partition coefficient (Wildman–Crippen LogP) is 2.30. The van der Waals surface area contributed by atoms with Crippen LogP contribution in [0.3, 0.4) is 0 Å². The van der Waals surface area contributed by atoms with Gasteiger partial charge in [0.1, 0.15) is 0 Å². The van der Waals surface area contributed by atoms with E-state index in [1.165, 1.54) is 5.56 Å². The summed E-state index contributed by atoms with van der Waals surface area (Å²) in [6, 6.07) is 8.10. The number of nitrogens with one attached hydrogen (secondary N) is 1. The van der Waals surface area contributed by atoms with Gasteiger partial charge in [0.15, 0.2) is 0 Å². The van der Waals surface area contributed by atoms with E-state index in [1.54, 1.807) is 0 Å². The van der Waals surface area contributed by atoms with Crippen LogP contribution >= 0.6 is 0 Å². The van der Waals surface area contributed by atoms with Crippen molar-refractivity contribution in [3.05, 3.63) is 35.4 Å². The minimum Gasteiger partial charge on any atom is -0.348 e. The summed E-state index contributed by atoms with van der Waals surface area (Å²) in [5.41, 5.74) is 7.73. The lowest BCUT2D eigenvalue weighted by Crippen LogP contribution is -2.53. The van der Waals surface area contributed by atoms with E-state index >= 15 is 0 Å². The normalized spacial score (nSPS) is 20.0. The van der Waals surface area contributed by atoms with Crippen LogP contribution in [-0.4, -0.2) is 11.4 Å². The second kappa shape index (κ2) is 4.73. The minimum atomic E-state index is -0.725. The fourth-order valence-electron chi connectivity index (χ4n) is 2.37. The Morgan fingerprint density at radius 1 is 1.44 bits per heavy atom. The average Bonchev–Trinajstić information content (AvgIpc) is 3.13. The molecule has 1 aromatic carbocycles. The molecule has 1 unspecified atom stereocenters. The zero-order valence-electron chi connectivity index (χ0n) is 11.4. The molecule has 1 aliphatic carbocycles. The Morgan fingerprint density at radius 3 is 2.61 bits per heavy atom. The molecule has 98 valence electrons. The Labute approximate surface area is 109 Å². The van der Waals surface area contributed by atoms with Crippen LogP contribution in [0.2, 0.25) is 0 Å². The van der Waals surface area contributed by atoms with E-state index in [-0.39, 0.29) is 11.9 Å². The Hall–Kier alpha value is -1.35. The molecule has 2 rings (SSSR count). The Balaban J connectivity index is 2.05. The van der Waals surface area contributed by atoms with E-state index in [2.05, 4.69) is 18.3 Å². The smallest absolute Gasteiger partial charge is 0.240 e. The van der Waals surface area contributed by atoms with Gasteiger partial charge in [-0.3, -0.25) is 4.79 Å². The molecule has 18 heavy (non-hydrogen) atoms. The van der Waals surface area contributed by atoms with Gasteiger partial charge >= 0.3 is 0 Å². The highest BCUT2D eigenvalue weighted by atomic mass is 16.2. The molecule has 1 fully saturated rings. The van der Waals surface area contributed by atoms with Gasteiger partial charge in [-0.1, -0.05) is 24.3 Å². The van der Waals surface area contributed by atoms with Crippen molar-refractivity contribution in [2.75, 3.05) is 0 Å². The number of benzene rings is 1. The van der Waals surface area contributed by atoms with E-state index < -0.39 is 5.54 Å². The van der Waals surface area contributed by atoms with Crippen LogP contribution in [-0.2, 0) is 4.79 Å². The number of aryl methyl sites for hydroxylation is 1. The first-order valence-electron chi connectivity index (χ1n) is 6.58. The van der Waals surface area contributed by atoms with E-state index in [0.717, 1.165) is 18.4 Å². The molecule has 1 aliphatic rings.